The van der Waals surface area contributed by atoms with Crippen LogP contribution in [0.2, 0.25) is 0 Å². The summed E-state index contributed by atoms with van der Waals surface area (Å²) in [7, 11) is 0. The largest absolute Gasteiger partial charge is 0.207 e. The molecule has 0 bridgehead atoms. The Hall–Kier alpha value is -1.63. The van der Waals surface area contributed by atoms with Gasteiger partial charge < -0.3 is 0 Å². The van der Waals surface area contributed by atoms with Gasteiger partial charge in [-0.05, 0) is 68.0 Å². The summed E-state index contributed by atoms with van der Waals surface area (Å²) < 4.78 is 13.2. The average molecular weight is 242 g/mol. The summed E-state index contributed by atoms with van der Waals surface area (Å²) in [5.74, 6) is -0.129. The van der Waals surface area contributed by atoms with Gasteiger partial charge in [0.15, 0.2) is 0 Å². The summed E-state index contributed by atoms with van der Waals surface area (Å²) in [6.07, 6.45) is 0.874. The van der Waals surface area contributed by atoms with E-state index in [1.54, 1.807) is 6.07 Å². The smallest absolute Gasteiger partial charge is 0.126 e. The summed E-state index contributed by atoms with van der Waals surface area (Å²) in [6, 6.07) is 9.79. The average Bonchev–Trinajstić information content (AvgIpc) is 2.28. The first-order valence-corrected chi connectivity index (χ1v) is 6.29. The molecule has 0 spiro atoms. The summed E-state index contributed by atoms with van der Waals surface area (Å²) in [5, 5.41) is 0. The van der Waals surface area contributed by atoms with Gasteiger partial charge in [-0.25, -0.2) is 4.39 Å². The molecule has 0 aliphatic heterocycles. The van der Waals surface area contributed by atoms with E-state index in [0.29, 0.717) is 0 Å². The van der Waals surface area contributed by atoms with E-state index >= 15 is 0 Å². The number of halogens is 1. The summed E-state index contributed by atoms with van der Waals surface area (Å²) in [4.78, 5) is 0. The molecule has 2 aromatic carbocycles. The lowest BCUT2D eigenvalue weighted by Crippen LogP contribution is -1.97. The minimum absolute atomic E-state index is 0.129. The fourth-order valence-corrected chi connectivity index (χ4v) is 2.51. The topological polar surface area (TPSA) is 0 Å². The molecule has 0 fully saturated rings. The van der Waals surface area contributed by atoms with E-state index in [1.165, 1.54) is 27.8 Å². The van der Waals surface area contributed by atoms with Crippen molar-refractivity contribution in [2.45, 2.75) is 34.1 Å². The zero-order valence-corrected chi connectivity index (χ0v) is 11.5. The van der Waals surface area contributed by atoms with E-state index < -0.39 is 0 Å². The van der Waals surface area contributed by atoms with Crippen molar-refractivity contribution in [3.63, 3.8) is 0 Å². The highest BCUT2D eigenvalue weighted by Crippen LogP contribution is 2.21. The molecule has 0 atom stereocenters. The quantitative estimate of drug-likeness (QED) is 0.719. The van der Waals surface area contributed by atoms with E-state index in [-0.39, 0.29) is 5.82 Å². The molecule has 0 aromatic heterocycles. The Morgan fingerprint density at radius 2 is 1.44 bits per heavy atom. The number of benzene rings is 2. The third-order valence-electron chi connectivity index (χ3n) is 3.44. The maximum absolute atomic E-state index is 13.2. The fourth-order valence-electron chi connectivity index (χ4n) is 2.51. The van der Waals surface area contributed by atoms with Gasteiger partial charge >= 0.3 is 0 Å². The Labute approximate surface area is 108 Å². The molecule has 0 radical (unpaired) electrons. The maximum atomic E-state index is 13.2. The van der Waals surface area contributed by atoms with Crippen molar-refractivity contribution in [2.75, 3.05) is 0 Å². The second-order valence-electron chi connectivity index (χ2n) is 5.14. The van der Waals surface area contributed by atoms with E-state index in [4.69, 9.17) is 0 Å². The highest BCUT2D eigenvalue weighted by atomic mass is 19.1. The number of rotatable bonds is 2. The van der Waals surface area contributed by atoms with E-state index in [9.17, 15) is 4.39 Å². The van der Waals surface area contributed by atoms with Crippen LogP contribution in [0.25, 0.3) is 0 Å². The van der Waals surface area contributed by atoms with Crippen LogP contribution >= 0.6 is 0 Å². The molecule has 0 saturated heterocycles. The first-order chi connectivity index (χ1) is 8.47. The van der Waals surface area contributed by atoms with E-state index in [0.717, 1.165) is 12.0 Å². The molecule has 0 heterocycles. The van der Waals surface area contributed by atoms with Crippen LogP contribution in [0.15, 0.2) is 30.3 Å². The Morgan fingerprint density at radius 1 is 0.833 bits per heavy atom. The molecule has 0 unspecified atom stereocenters. The van der Waals surface area contributed by atoms with Gasteiger partial charge in [0.1, 0.15) is 5.82 Å². The minimum Gasteiger partial charge on any atom is -0.207 e. The van der Waals surface area contributed by atoms with Crippen LogP contribution in [0.3, 0.4) is 0 Å². The van der Waals surface area contributed by atoms with Crippen LogP contribution in [0.4, 0.5) is 4.39 Å². The van der Waals surface area contributed by atoms with Crippen molar-refractivity contribution in [1.82, 2.24) is 0 Å². The lowest BCUT2D eigenvalue weighted by atomic mass is 9.94. The fraction of sp³-hybridized carbons (Fsp3) is 0.294. The van der Waals surface area contributed by atoms with Crippen molar-refractivity contribution >= 4 is 0 Å². The number of hydrogen-bond donors (Lipinski definition) is 0. The van der Waals surface area contributed by atoms with Gasteiger partial charge in [0.25, 0.3) is 0 Å². The second-order valence-corrected chi connectivity index (χ2v) is 5.14. The molecule has 0 N–H and O–H groups in total. The third-order valence-corrected chi connectivity index (χ3v) is 3.44. The zero-order valence-electron chi connectivity index (χ0n) is 11.5. The van der Waals surface area contributed by atoms with Gasteiger partial charge in [-0.15, -0.1) is 0 Å². The molecule has 0 aliphatic carbocycles. The van der Waals surface area contributed by atoms with Crippen LogP contribution < -0.4 is 0 Å². The van der Waals surface area contributed by atoms with Crippen LogP contribution in [0, 0.1) is 33.5 Å². The third kappa shape index (κ3) is 2.61. The minimum atomic E-state index is -0.129. The van der Waals surface area contributed by atoms with Gasteiger partial charge in [-0.3, -0.25) is 0 Å². The molecule has 0 saturated carbocycles. The van der Waals surface area contributed by atoms with Gasteiger partial charge in [0.05, 0.1) is 0 Å². The number of aryl methyl sites for hydroxylation is 4. The molecule has 0 aliphatic rings. The first kappa shape index (κ1) is 12.8. The lowest BCUT2D eigenvalue weighted by molar-refractivity contribution is 0.618. The Balaban J connectivity index is 2.37. The maximum Gasteiger partial charge on any atom is 0.126 e. The van der Waals surface area contributed by atoms with Crippen LogP contribution in [-0.4, -0.2) is 0 Å². The molecular formula is C17H19F. The highest BCUT2D eigenvalue weighted by Gasteiger charge is 2.06. The molecule has 2 rings (SSSR count). The summed E-state index contributed by atoms with van der Waals surface area (Å²) in [6.45, 7) is 8.22. The summed E-state index contributed by atoms with van der Waals surface area (Å²) in [5.41, 5.74) is 7.17. The second kappa shape index (κ2) is 4.93. The molecule has 0 nitrogen and oxygen atoms in total. The lowest BCUT2D eigenvalue weighted by Gasteiger charge is -2.12. The molecule has 0 amide bonds. The van der Waals surface area contributed by atoms with Crippen LogP contribution in [0.1, 0.15) is 33.4 Å². The van der Waals surface area contributed by atoms with Crippen molar-refractivity contribution in [3.8, 4) is 0 Å². The van der Waals surface area contributed by atoms with E-state index in [2.05, 4.69) is 32.9 Å². The van der Waals surface area contributed by atoms with Crippen molar-refractivity contribution < 1.29 is 4.39 Å². The Bertz CT molecular complexity index is 559. The van der Waals surface area contributed by atoms with Gasteiger partial charge in [-0.1, -0.05) is 29.8 Å². The van der Waals surface area contributed by atoms with Gasteiger partial charge in [0, 0.05) is 0 Å². The molecule has 18 heavy (non-hydrogen) atoms. The van der Waals surface area contributed by atoms with Crippen molar-refractivity contribution in [3.05, 3.63) is 69.5 Å². The van der Waals surface area contributed by atoms with Crippen molar-refractivity contribution in [2.24, 2.45) is 0 Å². The predicted octanol–water partition coefficient (Wildman–Crippen LogP) is 4.65. The molecule has 1 heteroatoms. The van der Waals surface area contributed by atoms with Gasteiger partial charge in [0.2, 0.25) is 0 Å². The Kier molecular flexibility index (Phi) is 3.51. The first-order valence-electron chi connectivity index (χ1n) is 6.29. The zero-order chi connectivity index (χ0) is 13.3. The standard InChI is InChI=1S/C17H19F/c1-11-7-12(2)16(13(3)8-11)10-15-5-6-17(18)14(4)9-15/h5-9H,10H2,1-4H3. The van der Waals surface area contributed by atoms with Gasteiger partial charge in [-0.2, -0.15) is 0 Å². The normalized spacial score (nSPS) is 10.7. The van der Waals surface area contributed by atoms with E-state index in [1.807, 2.05) is 19.1 Å². The number of hydrogen-bond acceptors (Lipinski definition) is 0. The monoisotopic (exact) mass is 242 g/mol. The molecular weight excluding hydrogens is 223 g/mol. The molecule has 2 aromatic rings. The SMILES string of the molecule is Cc1cc(C)c(Cc2ccc(F)c(C)c2)c(C)c1. The molecule has 94 valence electrons. The predicted molar refractivity (Wildman–Crippen MR) is 74.6 cm³/mol. The van der Waals surface area contributed by atoms with Crippen LogP contribution in [0.5, 0.6) is 0 Å². The van der Waals surface area contributed by atoms with Crippen molar-refractivity contribution in [1.29, 1.82) is 0 Å². The summed E-state index contributed by atoms with van der Waals surface area (Å²) >= 11 is 0. The van der Waals surface area contributed by atoms with Crippen LogP contribution in [-0.2, 0) is 6.42 Å². The highest BCUT2D eigenvalue weighted by molar-refractivity contribution is 5.41. The Morgan fingerprint density at radius 3 is 2.00 bits per heavy atom.